The minimum Gasteiger partial charge on any atom is -0.487 e. The lowest BCUT2D eigenvalue weighted by Gasteiger charge is -2.15. The molecule has 9 heteroatoms. The molecule has 2 N–H and O–H groups in total. The van der Waals surface area contributed by atoms with E-state index in [1.54, 1.807) is 24.3 Å². The van der Waals surface area contributed by atoms with Crippen LogP contribution in [0.3, 0.4) is 0 Å². The van der Waals surface area contributed by atoms with Crippen LogP contribution >= 0.6 is 43.5 Å². The van der Waals surface area contributed by atoms with Crippen molar-refractivity contribution in [3.63, 3.8) is 0 Å². The molecule has 0 unspecified atom stereocenters. The predicted octanol–water partition coefficient (Wildman–Crippen LogP) is 4.19. The zero-order chi connectivity index (χ0) is 19.6. The lowest BCUT2D eigenvalue weighted by molar-refractivity contribution is -0.123. The van der Waals surface area contributed by atoms with Crippen LogP contribution in [0, 0.1) is 0 Å². The van der Waals surface area contributed by atoms with Gasteiger partial charge in [-0.05, 0) is 73.3 Å². The van der Waals surface area contributed by atoms with Gasteiger partial charge in [0.15, 0.2) is 0 Å². The Morgan fingerprint density at radius 2 is 1.52 bits per heavy atom. The fourth-order valence-electron chi connectivity index (χ4n) is 2.31. The van der Waals surface area contributed by atoms with Gasteiger partial charge in [0.2, 0.25) is 0 Å². The fraction of sp³-hybridized carbons (Fsp3) is 0.0556. The van der Waals surface area contributed by atoms with Crippen molar-refractivity contribution in [2.75, 3.05) is 0 Å². The number of ether oxygens (including phenoxy) is 1. The van der Waals surface area contributed by atoms with Gasteiger partial charge in [-0.1, -0.05) is 23.7 Å². The number of benzene rings is 2. The first-order valence-corrected chi connectivity index (χ1v) is 9.54. The van der Waals surface area contributed by atoms with Gasteiger partial charge in [0.25, 0.3) is 11.8 Å². The Balaban J connectivity index is 1.81. The molecule has 138 valence electrons. The molecule has 0 saturated carbocycles. The van der Waals surface area contributed by atoms with E-state index in [1.807, 2.05) is 22.8 Å². The van der Waals surface area contributed by atoms with E-state index >= 15 is 0 Å². The fourth-order valence-corrected chi connectivity index (χ4v) is 3.89. The molecule has 6 nitrogen and oxygen atoms in total. The summed E-state index contributed by atoms with van der Waals surface area (Å²) in [5.41, 5.74) is 1.36. The first-order valence-electron chi connectivity index (χ1n) is 7.58. The number of carbonyl (C=O) groups excluding carboxylic acids is 3. The van der Waals surface area contributed by atoms with Crippen molar-refractivity contribution < 1.29 is 19.1 Å². The summed E-state index contributed by atoms with van der Waals surface area (Å²) < 4.78 is 7.09. The van der Waals surface area contributed by atoms with Crippen LogP contribution in [0.5, 0.6) is 5.75 Å². The third-order valence-electron chi connectivity index (χ3n) is 3.57. The van der Waals surface area contributed by atoms with E-state index in [-0.39, 0.29) is 5.57 Å². The third-order valence-corrected chi connectivity index (χ3v) is 5.00. The molecule has 1 aliphatic heterocycles. The Labute approximate surface area is 176 Å². The number of imide groups is 2. The van der Waals surface area contributed by atoms with Gasteiger partial charge in [0.1, 0.15) is 17.9 Å². The number of amides is 4. The van der Waals surface area contributed by atoms with E-state index in [4.69, 9.17) is 16.3 Å². The van der Waals surface area contributed by atoms with Gasteiger partial charge in [-0.15, -0.1) is 0 Å². The molecule has 3 rings (SSSR count). The van der Waals surface area contributed by atoms with Crippen molar-refractivity contribution in [3.8, 4) is 5.75 Å². The summed E-state index contributed by atoms with van der Waals surface area (Å²) in [5.74, 6) is -0.932. The molecule has 0 spiro atoms. The highest BCUT2D eigenvalue weighted by molar-refractivity contribution is 9.11. The van der Waals surface area contributed by atoms with Crippen molar-refractivity contribution >= 4 is 67.4 Å². The molecule has 1 fully saturated rings. The van der Waals surface area contributed by atoms with Crippen LogP contribution in [0.15, 0.2) is 50.9 Å². The maximum atomic E-state index is 11.8. The molecule has 4 amide bonds. The van der Waals surface area contributed by atoms with Crippen molar-refractivity contribution in [3.05, 3.63) is 67.1 Å². The molecule has 0 aliphatic carbocycles. The largest absolute Gasteiger partial charge is 0.487 e. The zero-order valence-electron chi connectivity index (χ0n) is 13.5. The number of hydrogen-bond donors (Lipinski definition) is 2. The van der Waals surface area contributed by atoms with E-state index in [0.717, 1.165) is 5.56 Å². The Morgan fingerprint density at radius 1 is 0.963 bits per heavy atom. The van der Waals surface area contributed by atoms with Gasteiger partial charge in [0.05, 0.1) is 8.95 Å². The first kappa shape index (κ1) is 19.6. The monoisotopic (exact) mass is 512 g/mol. The van der Waals surface area contributed by atoms with Crippen LogP contribution in [0.2, 0.25) is 5.02 Å². The molecular formula is C18H11Br2ClN2O4. The Kier molecular flexibility index (Phi) is 5.98. The SMILES string of the molecule is O=C1NC(=O)C(=Cc2cc(Br)c(OCc3ccc(Cl)cc3)c(Br)c2)C(=O)N1. The van der Waals surface area contributed by atoms with Crippen molar-refractivity contribution in [1.82, 2.24) is 10.6 Å². The number of hydrogen-bond acceptors (Lipinski definition) is 4. The minimum atomic E-state index is -0.838. The van der Waals surface area contributed by atoms with Crippen LogP contribution in [0.1, 0.15) is 11.1 Å². The van der Waals surface area contributed by atoms with Gasteiger partial charge in [-0.25, -0.2) is 4.79 Å². The zero-order valence-corrected chi connectivity index (χ0v) is 17.4. The maximum absolute atomic E-state index is 11.8. The van der Waals surface area contributed by atoms with E-state index in [1.165, 1.54) is 6.08 Å². The summed E-state index contributed by atoms with van der Waals surface area (Å²) in [6, 6.07) is 9.86. The second kappa shape index (κ2) is 8.24. The molecule has 0 atom stereocenters. The average Bonchev–Trinajstić information content (AvgIpc) is 2.59. The molecule has 0 radical (unpaired) electrons. The summed E-state index contributed by atoms with van der Waals surface area (Å²) in [4.78, 5) is 34.8. The maximum Gasteiger partial charge on any atom is 0.328 e. The summed E-state index contributed by atoms with van der Waals surface area (Å²) >= 11 is 12.7. The molecule has 1 heterocycles. The van der Waals surface area contributed by atoms with Gasteiger partial charge >= 0.3 is 6.03 Å². The number of halogens is 3. The summed E-state index contributed by atoms with van der Waals surface area (Å²) in [5, 5.41) is 4.70. The Bertz CT molecular complexity index is 929. The number of nitrogens with one attached hydrogen (secondary N) is 2. The topological polar surface area (TPSA) is 84.5 Å². The summed E-state index contributed by atoms with van der Waals surface area (Å²) in [6.45, 7) is 0.335. The highest BCUT2D eigenvalue weighted by atomic mass is 79.9. The number of rotatable bonds is 4. The van der Waals surface area contributed by atoms with Crippen LogP contribution in [0.25, 0.3) is 6.08 Å². The third kappa shape index (κ3) is 4.77. The van der Waals surface area contributed by atoms with E-state index in [0.29, 0.717) is 31.9 Å². The Morgan fingerprint density at radius 3 is 2.07 bits per heavy atom. The second-order valence-electron chi connectivity index (χ2n) is 5.52. The van der Waals surface area contributed by atoms with Crippen LogP contribution in [-0.2, 0) is 16.2 Å². The lowest BCUT2D eigenvalue weighted by atomic mass is 10.1. The van der Waals surface area contributed by atoms with Gasteiger partial charge in [-0.2, -0.15) is 0 Å². The molecule has 1 aliphatic rings. The number of barbiturate groups is 1. The smallest absolute Gasteiger partial charge is 0.328 e. The molecule has 27 heavy (non-hydrogen) atoms. The van der Waals surface area contributed by atoms with Crippen molar-refractivity contribution in [1.29, 1.82) is 0 Å². The molecule has 2 aromatic carbocycles. The summed E-state index contributed by atoms with van der Waals surface area (Å²) in [7, 11) is 0. The van der Waals surface area contributed by atoms with Crippen molar-refractivity contribution in [2.24, 2.45) is 0 Å². The second-order valence-corrected chi connectivity index (χ2v) is 7.67. The average molecular weight is 515 g/mol. The van der Waals surface area contributed by atoms with Crippen molar-refractivity contribution in [2.45, 2.75) is 6.61 Å². The molecular weight excluding hydrogens is 503 g/mol. The van der Waals surface area contributed by atoms with Crippen LogP contribution < -0.4 is 15.4 Å². The molecule has 0 aromatic heterocycles. The van der Waals surface area contributed by atoms with Gasteiger partial charge < -0.3 is 4.74 Å². The predicted molar refractivity (Wildman–Crippen MR) is 107 cm³/mol. The molecule has 2 aromatic rings. The highest BCUT2D eigenvalue weighted by Crippen LogP contribution is 2.36. The van der Waals surface area contributed by atoms with Crippen LogP contribution in [-0.4, -0.2) is 17.8 Å². The Hall–Kier alpha value is -2.16. The molecule has 1 saturated heterocycles. The number of carbonyl (C=O) groups is 3. The van der Waals surface area contributed by atoms with Crippen LogP contribution in [0.4, 0.5) is 4.79 Å². The quantitative estimate of drug-likeness (QED) is 0.473. The highest BCUT2D eigenvalue weighted by Gasteiger charge is 2.27. The van der Waals surface area contributed by atoms with Gasteiger partial charge in [0, 0.05) is 5.02 Å². The van der Waals surface area contributed by atoms with E-state index in [2.05, 4.69) is 31.9 Å². The normalized spacial score (nSPS) is 13.9. The minimum absolute atomic E-state index is 0.164. The summed E-state index contributed by atoms with van der Waals surface area (Å²) in [6.07, 6.45) is 1.38. The lowest BCUT2D eigenvalue weighted by Crippen LogP contribution is -2.51. The molecule has 0 bridgehead atoms. The standard InChI is InChI=1S/C18H11Br2ClN2O4/c19-13-6-10(5-12-16(24)22-18(26)23-17(12)25)7-14(20)15(13)27-8-9-1-3-11(21)4-2-9/h1-7H,8H2,(H2,22,23,24,25,26). The van der Waals surface area contributed by atoms with E-state index < -0.39 is 17.8 Å². The van der Waals surface area contributed by atoms with Gasteiger partial charge in [-0.3, -0.25) is 20.2 Å². The number of urea groups is 1. The first-order chi connectivity index (χ1) is 12.8. The van der Waals surface area contributed by atoms with E-state index in [9.17, 15) is 14.4 Å².